The van der Waals surface area contributed by atoms with Crippen LogP contribution in [-0.2, 0) is 17.8 Å². The molecule has 3 heterocycles. The van der Waals surface area contributed by atoms with Crippen molar-refractivity contribution in [2.75, 3.05) is 13.1 Å². The summed E-state index contributed by atoms with van der Waals surface area (Å²) in [6.07, 6.45) is 2.62. The number of hydrogen-bond donors (Lipinski definition) is 0. The van der Waals surface area contributed by atoms with Crippen LogP contribution in [0.1, 0.15) is 48.1 Å². The number of likely N-dealkylation sites (tertiary alicyclic amines) is 1. The van der Waals surface area contributed by atoms with Crippen LogP contribution in [0.5, 0.6) is 0 Å². The van der Waals surface area contributed by atoms with Gasteiger partial charge in [0.05, 0.1) is 0 Å². The summed E-state index contributed by atoms with van der Waals surface area (Å²) in [4.78, 5) is 27.2. The summed E-state index contributed by atoms with van der Waals surface area (Å²) in [5.41, 5.74) is 5.08. The lowest BCUT2D eigenvalue weighted by molar-refractivity contribution is -0.134. The van der Waals surface area contributed by atoms with E-state index in [1.165, 1.54) is 16.7 Å². The number of carbonyl (C=O) groups is 1. The van der Waals surface area contributed by atoms with E-state index in [1.54, 1.807) is 6.07 Å². The van der Waals surface area contributed by atoms with Crippen molar-refractivity contribution in [2.24, 2.45) is 11.8 Å². The number of carbonyl (C=O) groups excluding carboxylic acids is 1. The highest BCUT2D eigenvalue weighted by atomic mass is 16.2. The molecule has 4 heteroatoms. The number of rotatable bonds is 4. The second-order valence-electron chi connectivity index (χ2n) is 9.01. The Bertz CT molecular complexity index is 926. The predicted molar refractivity (Wildman–Crippen MR) is 112 cm³/mol. The van der Waals surface area contributed by atoms with Crippen molar-refractivity contribution < 1.29 is 4.79 Å². The smallest absolute Gasteiger partial charge is 0.250 e. The Kier molecular flexibility index (Phi) is 5.13. The summed E-state index contributed by atoms with van der Waals surface area (Å²) in [6, 6.07) is 12.2. The minimum atomic E-state index is 0.0917. The topological polar surface area (TPSA) is 42.3 Å². The fourth-order valence-electron chi connectivity index (χ4n) is 5.19. The molecule has 4 rings (SSSR count). The van der Waals surface area contributed by atoms with Gasteiger partial charge >= 0.3 is 0 Å². The molecule has 0 spiro atoms. The summed E-state index contributed by atoms with van der Waals surface area (Å²) >= 11 is 0. The molecule has 0 saturated carbocycles. The van der Waals surface area contributed by atoms with Crippen LogP contribution in [-0.4, -0.2) is 28.5 Å². The Morgan fingerprint density at radius 1 is 1.11 bits per heavy atom. The molecule has 4 nitrogen and oxygen atoms in total. The van der Waals surface area contributed by atoms with E-state index in [4.69, 9.17) is 0 Å². The number of fused-ring (bicyclic) bond motifs is 4. The molecule has 1 aromatic heterocycles. The van der Waals surface area contributed by atoms with Gasteiger partial charge in [-0.1, -0.05) is 42.3 Å². The molecule has 3 atom stereocenters. The van der Waals surface area contributed by atoms with Gasteiger partial charge in [0.1, 0.15) is 0 Å². The lowest BCUT2D eigenvalue weighted by Gasteiger charge is -2.43. The molecular formula is C24H30N2O2. The van der Waals surface area contributed by atoms with Crippen molar-refractivity contribution in [2.45, 2.75) is 52.5 Å². The lowest BCUT2D eigenvalue weighted by atomic mass is 9.83. The average molecular weight is 379 g/mol. The number of hydrogen-bond acceptors (Lipinski definition) is 2. The highest BCUT2D eigenvalue weighted by molar-refractivity contribution is 5.76. The maximum atomic E-state index is 13.0. The lowest BCUT2D eigenvalue weighted by Crippen LogP contribution is -2.49. The molecular weight excluding hydrogens is 348 g/mol. The van der Waals surface area contributed by atoms with Crippen molar-refractivity contribution in [1.29, 1.82) is 0 Å². The Balaban J connectivity index is 1.41. The minimum absolute atomic E-state index is 0.0917. The third-order valence-corrected chi connectivity index (χ3v) is 6.22. The SMILES string of the molecule is Cc1cc(C)cc(C[C@H](C)CC(=O)N2C[C@@H]3C[C@@H](C2)c2cccc(=O)n2C3)c1. The van der Waals surface area contributed by atoms with Gasteiger partial charge in [-0.15, -0.1) is 0 Å². The normalized spacial score (nSPS) is 21.9. The highest BCUT2D eigenvalue weighted by Gasteiger charge is 2.36. The Morgan fingerprint density at radius 2 is 1.86 bits per heavy atom. The molecule has 0 aliphatic carbocycles. The number of benzene rings is 1. The Hall–Kier alpha value is -2.36. The van der Waals surface area contributed by atoms with Gasteiger partial charge in [-0.2, -0.15) is 0 Å². The van der Waals surface area contributed by atoms with Crippen LogP contribution in [0.25, 0.3) is 0 Å². The third-order valence-electron chi connectivity index (χ3n) is 6.22. The van der Waals surface area contributed by atoms with Crippen LogP contribution in [0, 0.1) is 25.7 Å². The molecule has 1 amide bonds. The summed E-state index contributed by atoms with van der Waals surface area (Å²) in [5, 5.41) is 0. The first-order chi connectivity index (χ1) is 13.4. The first kappa shape index (κ1) is 19.0. The number of nitrogens with zero attached hydrogens (tertiary/aromatic N) is 2. The molecule has 2 bridgehead atoms. The summed E-state index contributed by atoms with van der Waals surface area (Å²) < 4.78 is 1.92. The molecule has 0 N–H and O–H groups in total. The van der Waals surface area contributed by atoms with Crippen LogP contribution >= 0.6 is 0 Å². The van der Waals surface area contributed by atoms with E-state index in [0.717, 1.165) is 38.2 Å². The summed E-state index contributed by atoms with van der Waals surface area (Å²) in [5.74, 6) is 1.27. The van der Waals surface area contributed by atoms with Gasteiger partial charge in [0.2, 0.25) is 5.91 Å². The second kappa shape index (κ2) is 7.57. The number of pyridine rings is 1. The number of aryl methyl sites for hydroxylation is 2. The van der Waals surface area contributed by atoms with Crippen molar-refractivity contribution in [1.82, 2.24) is 9.47 Å². The van der Waals surface area contributed by atoms with Gasteiger partial charge in [0.15, 0.2) is 0 Å². The predicted octanol–water partition coefficient (Wildman–Crippen LogP) is 3.68. The van der Waals surface area contributed by atoms with E-state index in [9.17, 15) is 9.59 Å². The average Bonchev–Trinajstić information content (AvgIpc) is 2.61. The molecule has 148 valence electrons. The maximum Gasteiger partial charge on any atom is 0.250 e. The van der Waals surface area contributed by atoms with Crippen molar-refractivity contribution in [3.8, 4) is 0 Å². The van der Waals surface area contributed by atoms with Crippen LogP contribution in [0.15, 0.2) is 41.2 Å². The fourth-order valence-corrected chi connectivity index (χ4v) is 5.19. The quantitative estimate of drug-likeness (QED) is 0.814. The molecule has 1 saturated heterocycles. The zero-order valence-electron chi connectivity index (χ0n) is 17.1. The summed E-state index contributed by atoms with van der Waals surface area (Å²) in [7, 11) is 0. The van der Waals surface area contributed by atoms with Gasteiger partial charge in [-0.05, 0) is 50.2 Å². The second-order valence-corrected chi connectivity index (χ2v) is 9.01. The standard InChI is InChI=1S/C24H30N2O2/c1-16-7-17(2)9-19(8-16)10-18(3)11-24(28)25-13-20-12-21(15-25)22-5-4-6-23(27)26(22)14-20/h4-9,18,20-21H,10-15H2,1-3H3/t18-,20-,21-/m0/s1. The van der Waals surface area contributed by atoms with Crippen molar-refractivity contribution in [3.63, 3.8) is 0 Å². The van der Waals surface area contributed by atoms with E-state index in [0.29, 0.717) is 24.2 Å². The Morgan fingerprint density at radius 3 is 2.61 bits per heavy atom. The number of piperidine rings is 1. The molecule has 28 heavy (non-hydrogen) atoms. The third kappa shape index (κ3) is 3.91. The van der Waals surface area contributed by atoms with Crippen molar-refractivity contribution in [3.05, 3.63) is 69.1 Å². The molecule has 0 radical (unpaired) electrons. The van der Waals surface area contributed by atoms with Gasteiger partial charge in [0.25, 0.3) is 5.56 Å². The monoisotopic (exact) mass is 378 g/mol. The number of aromatic nitrogens is 1. The maximum absolute atomic E-state index is 13.0. The summed E-state index contributed by atoms with van der Waals surface area (Å²) in [6.45, 7) is 8.70. The van der Waals surface area contributed by atoms with Crippen LogP contribution in [0.2, 0.25) is 0 Å². The van der Waals surface area contributed by atoms with Gasteiger partial charge in [-0.25, -0.2) is 0 Å². The van der Waals surface area contributed by atoms with E-state index in [-0.39, 0.29) is 11.5 Å². The van der Waals surface area contributed by atoms with Gasteiger partial charge in [-0.3, -0.25) is 9.59 Å². The Labute approximate surface area is 167 Å². The highest BCUT2D eigenvalue weighted by Crippen LogP contribution is 2.35. The molecule has 1 aromatic carbocycles. The largest absolute Gasteiger partial charge is 0.342 e. The van der Waals surface area contributed by atoms with E-state index in [2.05, 4.69) is 49.9 Å². The van der Waals surface area contributed by atoms with Crippen LogP contribution in [0.4, 0.5) is 0 Å². The molecule has 0 unspecified atom stereocenters. The first-order valence-electron chi connectivity index (χ1n) is 10.4. The van der Waals surface area contributed by atoms with E-state index in [1.807, 2.05) is 10.6 Å². The van der Waals surface area contributed by atoms with Crippen LogP contribution in [0.3, 0.4) is 0 Å². The van der Waals surface area contributed by atoms with Crippen LogP contribution < -0.4 is 5.56 Å². The molecule has 2 aromatic rings. The zero-order valence-corrected chi connectivity index (χ0v) is 17.1. The molecule has 2 aliphatic rings. The molecule has 1 fully saturated rings. The van der Waals surface area contributed by atoms with Gasteiger partial charge < -0.3 is 9.47 Å². The van der Waals surface area contributed by atoms with Crippen molar-refractivity contribution >= 4 is 5.91 Å². The fraction of sp³-hybridized carbons (Fsp3) is 0.500. The van der Waals surface area contributed by atoms with E-state index < -0.39 is 0 Å². The van der Waals surface area contributed by atoms with Gasteiger partial charge in [0, 0.05) is 43.7 Å². The first-order valence-corrected chi connectivity index (χ1v) is 10.4. The molecule has 2 aliphatic heterocycles. The van der Waals surface area contributed by atoms with E-state index >= 15 is 0 Å². The zero-order chi connectivity index (χ0) is 19.8. The number of amides is 1. The minimum Gasteiger partial charge on any atom is -0.342 e.